The second kappa shape index (κ2) is 3.36. The Morgan fingerprint density at radius 2 is 2.20 bits per heavy atom. The summed E-state index contributed by atoms with van der Waals surface area (Å²) in [6.07, 6.45) is 1.38. The predicted molar refractivity (Wildman–Crippen MR) is 54.3 cm³/mol. The zero-order valence-corrected chi connectivity index (χ0v) is 8.08. The van der Waals surface area contributed by atoms with Crippen molar-refractivity contribution in [3.63, 3.8) is 0 Å². The Balaban J connectivity index is 2.83. The van der Waals surface area contributed by atoms with Crippen LogP contribution in [0.2, 0.25) is 5.02 Å². The fourth-order valence-electron chi connectivity index (χ4n) is 1.22. The van der Waals surface area contributed by atoms with Crippen LogP contribution < -0.4 is 5.56 Å². The smallest absolute Gasteiger partial charge is 0.341 e. The van der Waals surface area contributed by atoms with Gasteiger partial charge in [-0.1, -0.05) is 11.6 Å². The van der Waals surface area contributed by atoms with E-state index in [1.54, 1.807) is 0 Å². The number of rotatable bonds is 1. The first-order chi connectivity index (χ1) is 7.08. The average Bonchev–Trinajstić information content (AvgIpc) is 2.17. The van der Waals surface area contributed by atoms with Crippen LogP contribution in [0.5, 0.6) is 0 Å². The van der Waals surface area contributed by atoms with E-state index >= 15 is 0 Å². The first kappa shape index (κ1) is 9.67. The van der Waals surface area contributed by atoms with Gasteiger partial charge >= 0.3 is 5.97 Å². The van der Waals surface area contributed by atoms with Crippen LogP contribution in [0.1, 0.15) is 10.4 Å². The van der Waals surface area contributed by atoms with Crippen LogP contribution in [0.4, 0.5) is 0 Å². The summed E-state index contributed by atoms with van der Waals surface area (Å²) in [7, 11) is 0. The number of carbonyl (C=O) groups is 1. The van der Waals surface area contributed by atoms with Gasteiger partial charge in [0.15, 0.2) is 0 Å². The quantitative estimate of drug-likeness (QED) is 0.764. The molecule has 2 aromatic rings. The van der Waals surface area contributed by atoms with Crippen LogP contribution in [0.15, 0.2) is 23.1 Å². The molecule has 5 nitrogen and oxygen atoms in total. The molecular weight excluding hydrogens is 220 g/mol. The van der Waals surface area contributed by atoms with Gasteiger partial charge in [0, 0.05) is 11.6 Å². The molecule has 2 rings (SSSR count). The number of pyridine rings is 2. The maximum Gasteiger partial charge on any atom is 0.341 e. The molecule has 0 saturated heterocycles. The maximum absolute atomic E-state index is 11.3. The molecule has 0 atom stereocenters. The number of hydrogen-bond acceptors (Lipinski definition) is 3. The van der Waals surface area contributed by atoms with Gasteiger partial charge in [0.2, 0.25) is 0 Å². The van der Waals surface area contributed by atoms with Gasteiger partial charge in [-0.05, 0) is 12.1 Å². The lowest BCUT2D eigenvalue weighted by Crippen LogP contribution is -2.17. The number of fused-ring (bicyclic) bond motifs is 1. The molecule has 2 aromatic heterocycles. The zero-order chi connectivity index (χ0) is 11.0. The molecule has 0 amide bonds. The molecule has 0 aliphatic heterocycles. The van der Waals surface area contributed by atoms with E-state index in [-0.39, 0.29) is 5.56 Å². The molecular formula is C9H5ClN2O3. The van der Waals surface area contributed by atoms with Crippen molar-refractivity contribution in [2.24, 2.45) is 0 Å². The Hall–Kier alpha value is -1.88. The van der Waals surface area contributed by atoms with Crippen molar-refractivity contribution in [1.82, 2.24) is 9.97 Å². The summed E-state index contributed by atoms with van der Waals surface area (Å²) in [4.78, 5) is 28.1. The summed E-state index contributed by atoms with van der Waals surface area (Å²) in [5, 5.41) is 9.59. The largest absolute Gasteiger partial charge is 0.477 e. The number of aromatic carboxylic acids is 1. The molecule has 0 bridgehead atoms. The number of H-pyrrole nitrogens is 1. The van der Waals surface area contributed by atoms with Crippen molar-refractivity contribution in [2.45, 2.75) is 0 Å². The minimum absolute atomic E-state index is 0.314. The van der Waals surface area contributed by atoms with Gasteiger partial charge in [-0.25, -0.2) is 9.78 Å². The Bertz CT molecular complexity index is 606. The maximum atomic E-state index is 11.3. The standard InChI is InChI=1S/C9H5ClN2O3/c10-5-1-4-2-6(9(14)15)8(13)12-7(4)11-3-5/h1-3H,(H,14,15)(H,11,12,13). The molecule has 76 valence electrons. The lowest BCUT2D eigenvalue weighted by Gasteiger charge is -1.98. The van der Waals surface area contributed by atoms with E-state index in [1.807, 2.05) is 0 Å². The van der Waals surface area contributed by atoms with Gasteiger partial charge < -0.3 is 10.1 Å². The SMILES string of the molecule is O=C(O)c1cc2cc(Cl)cnc2[nH]c1=O. The molecule has 6 heteroatoms. The summed E-state index contributed by atoms with van der Waals surface area (Å²) in [6.45, 7) is 0. The molecule has 0 aliphatic carbocycles. The van der Waals surface area contributed by atoms with Gasteiger partial charge in [0.1, 0.15) is 11.2 Å². The van der Waals surface area contributed by atoms with Gasteiger partial charge in [0.05, 0.1) is 5.02 Å². The van der Waals surface area contributed by atoms with E-state index in [0.29, 0.717) is 16.1 Å². The fourth-order valence-corrected chi connectivity index (χ4v) is 1.39. The van der Waals surface area contributed by atoms with E-state index in [4.69, 9.17) is 16.7 Å². The first-order valence-electron chi connectivity index (χ1n) is 4.00. The number of hydrogen-bond donors (Lipinski definition) is 2. The number of nitrogens with one attached hydrogen (secondary N) is 1. The van der Waals surface area contributed by atoms with Crippen LogP contribution in [-0.2, 0) is 0 Å². The monoisotopic (exact) mass is 224 g/mol. The van der Waals surface area contributed by atoms with Gasteiger partial charge in [-0.3, -0.25) is 4.79 Å². The molecule has 0 radical (unpaired) electrons. The Labute approximate surface area is 88.3 Å². The van der Waals surface area contributed by atoms with E-state index in [9.17, 15) is 9.59 Å². The lowest BCUT2D eigenvalue weighted by atomic mass is 10.2. The normalized spacial score (nSPS) is 10.5. The molecule has 0 aromatic carbocycles. The summed E-state index contributed by atoms with van der Waals surface area (Å²) in [5.41, 5.74) is -0.689. The topological polar surface area (TPSA) is 83.0 Å². The van der Waals surface area contributed by atoms with Crippen molar-refractivity contribution >= 4 is 28.6 Å². The average molecular weight is 225 g/mol. The number of aromatic amines is 1. The highest BCUT2D eigenvalue weighted by Crippen LogP contribution is 2.14. The molecule has 2 N–H and O–H groups in total. The lowest BCUT2D eigenvalue weighted by molar-refractivity contribution is 0.0695. The second-order valence-corrected chi connectivity index (χ2v) is 3.35. The second-order valence-electron chi connectivity index (χ2n) is 2.91. The van der Waals surface area contributed by atoms with Crippen molar-refractivity contribution in [2.75, 3.05) is 0 Å². The summed E-state index contributed by atoms with van der Waals surface area (Å²) >= 11 is 5.69. The van der Waals surface area contributed by atoms with E-state index in [1.165, 1.54) is 18.3 Å². The number of nitrogens with zero attached hydrogens (tertiary/aromatic N) is 1. The third-order valence-corrected chi connectivity index (χ3v) is 2.10. The number of aromatic nitrogens is 2. The molecule has 0 unspecified atom stereocenters. The highest BCUT2D eigenvalue weighted by Gasteiger charge is 2.10. The van der Waals surface area contributed by atoms with Gasteiger partial charge in [-0.15, -0.1) is 0 Å². The summed E-state index contributed by atoms with van der Waals surface area (Å²) in [6, 6.07) is 2.78. The van der Waals surface area contributed by atoms with Crippen molar-refractivity contribution in [3.8, 4) is 0 Å². The van der Waals surface area contributed by atoms with Crippen LogP contribution in [0.25, 0.3) is 11.0 Å². The van der Waals surface area contributed by atoms with Gasteiger partial charge in [0.25, 0.3) is 5.56 Å². The molecule has 0 aliphatic rings. The highest BCUT2D eigenvalue weighted by atomic mass is 35.5. The molecule has 0 saturated carbocycles. The minimum Gasteiger partial charge on any atom is -0.477 e. The fraction of sp³-hybridized carbons (Fsp3) is 0. The molecule has 2 heterocycles. The van der Waals surface area contributed by atoms with Crippen molar-refractivity contribution in [3.05, 3.63) is 39.3 Å². The third kappa shape index (κ3) is 1.69. The Morgan fingerprint density at radius 1 is 1.47 bits per heavy atom. The van der Waals surface area contributed by atoms with Crippen molar-refractivity contribution < 1.29 is 9.90 Å². The zero-order valence-electron chi connectivity index (χ0n) is 7.32. The number of halogens is 1. The Morgan fingerprint density at radius 3 is 2.87 bits per heavy atom. The third-order valence-electron chi connectivity index (χ3n) is 1.89. The molecule has 0 fully saturated rings. The summed E-state index contributed by atoms with van der Waals surface area (Å²) < 4.78 is 0. The predicted octanol–water partition coefficient (Wildman–Crippen LogP) is 1.27. The minimum atomic E-state index is -1.28. The van der Waals surface area contributed by atoms with Gasteiger partial charge in [-0.2, -0.15) is 0 Å². The van der Waals surface area contributed by atoms with E-state index in [2.05, 4.69) is 9.97 Å². The molecule has 0 spiro atoms. The van der Waals surface area contributed by atoms with Crippen LogP contribution in [-0.4, -0.2) is 21.0 Å². The van der Waals surface area contributed by atoms with Crippen molar-refractivity contribution in [1.29, 1.82) is 0 Å². The first-order valence-corrected chi connectivity index (χ1v) is 4.37. The van der Waals surface area contributed by atoms with E-state index in [0.717, 1.165) is 0 Å². The number of carboxylic acid groups (broad SMARTS) is 1. The highest BCUT2D eigenvalue weighted by molar-refractivity contribution is 6.31. The van der Waals surface area contributed by atoms with Crippen LogP contribution >= 0.6 is 11.6 Å². The molecule has 15 heavy (non-hydrogen) atoms. The van der Waals surface area contributed by atoms with E-state index < -0.39 is 11.5 Å². The Kier molecular flexibility index (Phi) is 2.17. The van der Waals surface area contributed by atoms with Crippen LogP contribution in [0, 0.1) is 0 Å². The number of carboxylic acids is 1. The van der Waals surface area contributed by atoms with Crippen LogP contribution in [0.3, 0.4) is 0 Å². The summed E-state index contributed by atoms with van der Waals surface area (Å²) in [5.74, 6) is -1.28.